The topological polar surface area (TPSA) is 82.2 Å². The first-order valence-electron chi connectivity index (χ1n) is 8.41. The molecule has 0 aliphatic heterocycles. The highest BCUT2D eigenvalue weighted by atomic mass is 19.1. The zero-order chi connectivity index (χ0) is 19.4. The van der Waals surface area contributed by atoms with Gasteiger partial charge in [-0.05, 0) is 48.2 Å². The fourth-order valence-electron chi connectivity index (χ4n) is 2.68. The molecule has 6 heteroatoms. The molecule has 27 heavy (non-hydrogen) atoms. The number of benzene rings is 2. The van der Waals surface area contributed by atoms with E-state index in [9.17, 15) is 19.1 Å². The Morgan fingerprint density at radius 3 is 2.67 bits per heavy atom. The highest BCUT2D eigenvalue weighted by molar-refractivity contribution is 5.92. The van der Waals surface area contributed by atoms with Gasteiger partial charge in [0.05, 0.1) is 6.54 Å². The van der Waals surface area contributed by atoms with Crippen LogP contribution in [0.4, 0.5) is 4.39 Å². The Morgan fingerprint density at radius 2 is 1.93 bits per heavy atom. The molecule has 1 unspecified atom stereocenters. The van der Waals surface area contributed by atoms with Crippen molar-refractivity contribution < 1.29 is 14.3 Å². The van der Waals surface area contributed by atoms with Crippen molar-refractivity contribution in [3.05, 3.63) is 88.0 Å². The number of aromatic amines is 1. The number of pyridine rings is 1. The van der Waals surface area contributed by atoms with E-state index in [1.165, 1.54) is 43.3 Å². The summed E-state index contributed by atoms with van der Waals surface area (Å²) >= 11 is 0. The molecule has 1 amide bonds. The van der Waals surface area contributed by atoms with Crippen LogP contribution in [0.3, 0.4) is 0 Å². The van der Waals surface area contributed by atoms with Gasteiger partial charge in [0.2, 0.25) is 5.91 Å². The SMILES string of the molecule is CC(O)(CNC(=O)/C=C/c1cc2ccccc2[nH]c1=O)c1ccc(F)cc1. The third kappa shape index (κ3) is 4.48. The Hall–Kier alpha value is -3.25. The molecule has 1 heterocycles. The van der Waals surface area contributed by atoms with E-state index in [-0.39, 0.29) is 12.1 Å². The number of halogens is 1. The van der Waals surface area contributed by atoms with E-state index in [2.05, 4.69) is 10.3 Å². The van der Waals surface area contributed by atoms with Crippen molar-refractivity contribution in [3.8, 4) is 0 Å². The number of H-pyrrole nitrogens is 1. The van der Waals surface area contributed by atoms with Crippen LogP contribution in [0.2, 0.25) is 0 Å². The van der Waals surface area contributed by atoms with Gasteiger partial charge in [0.1, 0.15) is 11.4 Å². The van der Waals surface area contributed by atoms with Crippen molar-refractivity contribution in [3.63, 3.8) is 0 Å². The smallest absolute Gasteiger partial charge is 0.255 e. The van der Waals surface area contributed by atoms with E-state index in [0.717, 1.165) is 10.9 Å². The van der Waals surface area contributed by atoms with E-state index in [4.69, 9.17) is 0 Å². The number of hydrogen-bond donors (Lipinski definition) is 3. The average molecular weight is 366 g/mol. The third-order valence-corrected chi connectivity index (χ3v) is 4.27. The Labute approximate surface area is 155 Å². The number of aromatic nitrogens is 1. The second-order valence-corrected chi connectivity index (χ2v) is 6.47. The van der Waals surface area contributed by atoms with Gasteiger partial charge < -0.3 is 15.4 Å². The van der Waals surface area contributed by atoms with Gasteiger partial charge in [0.25, 0.3) is 5.56 Å². The molecule has 0 saturated heterocycles. The van der Waals surface area contributed by atoms with Crippen molar-refractivity contribution in [2.45, 2.75) is 12.5 Å². The monoisotopic (exact) mass is 366 g/mol. The number of nitrogens with one attached hydrogen (secondary N) is 2. The van der Waals surface area contributed by atoms with Gasteiger partial charge in [-0.2, -0.15) is 0 Å². The summed E-state index contributed by atoms with van der Waals surface area (Å²) in [6.45, 7) is 1.47. The second kappa shape index (κ2) is 7.55. The van der Waals surface area contributed by atoms with Gasteiger partial charge in [0, 0.05) is 17.2 Å². The fraction of sp³-hybridized carbons (Fsp3) is 0.143. The third-order valence-electron chi connectivity index (χ3n) is 4.27. The van der Waals surface area contributed by atoms with Crippen molar-refractivity contribution in [1.82, 2.24) is 10.3 Å². The number of rotatable bonds is 5. The minimum atomic E-state index is -1.35. The predicted molar refractivity (Wildman–Crippen MR) is 103 cm³/mol. The summed E-state index contributed by atoms with van der Waals surface area (Å²) in [7, 11) is 0. The molecule has 3 N–H and O–H groups in total. The molecule has 0 bridgehead atoms. The maximum atomic E-state index is 13.0. The maximum Gasteiger partial charge on any atom is 0.255 e. The Bertz CT molecular complexity index is 1050. The average Bonchev–Trinajstić information content (AvgIpc) is 2.65. The molecule has 1 atom stereocenters. The molecule has 0 spiro atoms. The summed E-state index contributed by atoms with van der Waals surface area (Å²) in [6, 6.07) is 14.5. The van der Waals surface area contributed by atoms with Gasteiger partial charge in [-0.15, -0.1) is 0 Å². The number of carbonyl (C=O) groups is 1. The minimum absolute atomic E-state index is 0.0596. The lowest BCUT2D eigenvalue weighted by Crippen LogP contribution is -2.37. The number of fused-ring (bicyclic) bond motifs is 1. The molecule has 0 radical (unpaired) electrons. The van der Waals surface area contributed by atoms with Gasteiger partial charge in [0.15, 0.2) is 0 Å². The van der Waals surface area contributed by atoms with E-state index < -0.39 is 17.3 Å². The first kappa shape index (κ1) is 18.5. The van der Waals surface area contributed by atoms with Crippen molar-refractivity contribution in [2.75, 3.05) is 6.54 Å². The quantitative estimate of drug-likeness (QED) is 0.607. The summed E-state index contributed by atoms with van der Waals surface area (Å²) < 4.78 is 13.0. The number of aliphatic hydroxyl groups is 1. The second-order valence-electron chi connectivity index (χ2n) is 6.47. The first-order chi connectivity index (χ1) is 12.8. The summed E-state index contributed by atoms with van der Waals surface area (Å²) in [5.74, 6) is -0.855. The molecular formula is C21H19FN2O3. The minimum Gasteiger partial charge on any atom is -0.384 e. The van der Waals surface area contributed by atoms with Crippen LogP contribution < -0.4 is 10.9 Å². The number of carbonyl (C=O) groups excluding carboxylic acids is 1. The van der Waals surface area contributed by atoms with Gasteiger partial charge in [-0.25, -0.2) is 4.39 Å². The standard InChI is InChI=1S/C21H19FN2O3/c1-21(27,16-7-9-17(22)10-8-16)13-23-19(25)11-6-15-12-14-4-2-3-5-18(14)24-20(15)26/h2-12,27H,13H2,1H3,(H,23,25)(H,24,26)/b11-6+. The van der Waals surface area contributed by atoms with Crippen LogP contribution in [0, 0.1) is 5.82 Å². The fourth-order valence-corrected chi connectivity index (χ4v) is 2.68. The largest absolute Gasteiger partial charge is 0.384 e. The molecule has 1 aromatic heterocycles. The first-order valence-corrected chi connectivity index (χ1v) is 8.41. The van der Waals surface area contributed by atoms with Crippen LogP contribution >= 0.6 is 0 Å². The lowest BCUT2D eigenvalue weighted by Gasteiger charge is -2.23. The van der Waals surface area contributed by atoms with Gasteiger partial charge >= 0.3 is 0 Å². The molecular weight excluding hydrogens is 347 g/mol. The summed E-state index contributed by atoms with van der Waals surface area (Å²) in [5.41, 5.74) is -0.0822. The van der Waals surface area contributed by atoms with Crippen LogP contribution in [0.15, 0.2) is 65.5 Å². The van der Waals surface area contributed by atoms with Crippen molar-refractivity contribution >= 4 is 22.9 Å². The maximum absolute atomic E-state index is 13.0. The Balaban J connectivity index is 1.68. The number of amides is 1. The van der Waals surface area contributed by atoms with E-state index >= 15 is 0 Å². The van der Waals surface area contributed by atoms with Crippen molar-refractivity contribution in [2.24, 2.45) is 0 Å². The summed E-state index contributed by atoms with van der Waals surface area (Å²) in [4.78, 5) is 26.9. The van der Waals surface area contributed by atoms with E-state index in [1.807, 2.05) is 18.2 Å². The molecule has 0 aliphatic rings. The van der Waals surface area contributed by atoms with Gasteiger partial charge in [-0.1, -0.05) is 30.3 Å². The molecule has 0 fully saturated rings. The Morgan fingerprint density at radius 1 is 1.22 bits per heavy atom. The zero-order valence-corrected chi connectivity index (χ0v) is 14.7. The van der Waals surface area contributed by atoms with Gasteiger partial charge in [-0.3, -0.25) is 9.59 Å². The molecule has 3 rings (SSSR count). The zero-order valence-electron chi connectivity index (χ0n) is 14.7. The van der Waals surface area contributed by atoms with Crippen LogP contribution in [0.25, 0.3) is 17.0 Å². The molecule has 5 nitrogen and oxygen atoms in total. The molecule has 0 aliphatic carbocycles. The van der Waals surface area contributed by atoms with Crippen LogP contribution in [0.1, 0.15) is 18.1 Å². The number of para-hydroxylation sites is 1. The Kier molecular flexibility index (Phi) is 5.19. The highest BCUT2D eigenvalue weighted by Crippen LogP contribution is 2.19. The molecule has 138 valence electrons. The normalized spacial score (nSPS) is 13.6. The van der Waals surface area contributed by atoms with Crippen LogP contribution in [0.5, 0.6) is 0 Å². The highest BCUT2D eigenvalue weighted by Gasteiger charge is 2.23. The summed E-state index contributed by atoms with van der Waals surface area (Å²) in [5, 5.41) is 13.9. The lowest BCUT2D eigenvalue weighted by atomic mass is 9.96. The van der Waals surface area contributed by atoms with E-state index in [0.29, 0.717) is 11.1 Å². The van der Waals surface area contributed by atoms with Crippen molar-refractivity contribution in [1.29, 1.82) is 0 Å². The number of hydrogen-bond acceptors (Lipinski definition) is 3. The van der Waals surface area contributed by atoms with Crippen LogP contribution in [-0.4, -0.2) is 22.5 Å². The molecule has 3 aromatic rings. The molecule has 2 aromatic carbocycles. The predicted octanol–water partition coefficient (Wildman–Crippen LogP) is 2.70. The van der Waals surface area contributed by atoms with E-state index in [1.54, 1.807) is 12.1 Å². The lowest BCUT2D eigenvalue weighted by molar-refractivity contribution is -0.117. The van der Waals surface area contributed by atoms with Crippen LogP contribution in [-0.2, 0) is 10.4 Å². The molecule has 0 saturated carbocycles. The summed E-state index contributed by atoms with van der Waals surface area (Å²) in [6.07, 6.45) is 2.66.